The van der Waals surface area contributed by atoms with E-state index in [2.05, 4.69) is 29.6 Å². The highest BCUT2D eigenvalue weighted by Crippen LogP contribution is 2.36. The molecule has 0 spiro atoms. The van der Waals surface area contributed by atoms with Crippen LogP contribution in [0.2, 0.25) is 0 Å². The molecule has 2 aromatic rings. The van der Waals surface area contributed by atoms with Crippen molar-refractivity contribution in [1.29, 1.82) is 0 Å². The average molecular weight is 353 g/mol. The molecule has 4 nitrogen and oxygen atoms in total. The Bertz CT molecular complexity index is 678. The maximum Gasteiger partial charge on any atom is 0.110 e. The summed E-state index contributed by atoms with van der Waals surface area (Å²) in [6.07, 6.45) is 0.909. The standard InChI is InChI=1S/C22H27NO3/c24-20-13-19-18(11-12-23-19)21(25-14-16-7-3-1-4-8-16)22(20)26-15-17-9-5-2-6-10-17/h1-10,18-24H,11-15H2/t18-,19-,20-,21+,22-/m1/s1. The molecule has 0 bridgehead atoms. The quantitative estimate of drug-likeness (QED) is 0.838. The summed E-state index contributed by atoms with van der Waals surface area (Å²) >= 11 is 0. The first kappa shape index (κ1) is 17.7. The van der Waals surface area contributed by atoms with Crippen LogP contribution < -0.4 is 5.32 Å². The van der Waals surface area contributed by atoms with Gasteiger partial charge >= 0.3 is 0 Å². The monoisotopic (exact) mass is 353 g/mol. The number of rotatable bonds is 6. The van der Waals surface area contributed by atoms with Gasteiger partial charge in [0.05, 0.1) is 25.4 Å². The highest BCUT2D eigenvalue weighted by atomic mass is 16.5. The summed E-state index contributed by atoms with van der Waals surface area (Å²) < 4.78 is 12.5. The number of aliphatic hydroxyl groups is 1. The van der Waals surface area contributed by atoms with Crippen LogP contribution in [0.4, 0.5) is 0 Å². The molecule has 0 amide bonds. The first-order chi connectivity index (χ1) is 12.8. The number of fused-ring (bicyclic) bond motifs is 1. The van der Waals surface area contributed by atoms with Crippen molar-refractivity contribution in [3.05, 3.63) is 71.8 Å². The number of nitrogens with one attached hydrogen (secondary N) is 1. The van der Waals surface area contributed by atoms with Gasteiger partial charge in [0.1, 0.15) is 6.10 Å². The third-order valence-corrected chi connectivity index (χ3v) is 5.59. The van der Waals surface area contributed by atoms with Crippen LogP contribution in [0.1, 0.15) is 24.0 Å². The summed E-state index contributed by atoms with van der Waals surface area (Å²) in [6.45, 7) is 2.03. The Labute approximate surface area is 155 Å². The van der Waals surface area contributed by atoms with Crippen molar-refractivity contribution in [2.24, 2.45) is 5.92 Å². The Morgan fingerprint density at radius 2 is 1.42 bits per heavy atom. The van der Waals surface area contributed by atoms with Crippen molar-refractivity contribution in [3.63, 3.8) is 0 Å². The van der Waals surface area contributed by atoms with Crippen molar-refractivity contribution in [3.8, 4) is 0 Å². The molecule has 2 N–H and O–H groups in total. The van der Waals surface area contributed by atoms with Crippen molar-refractivity contribution in [1.82, 2.24) is 5.32 Å². The zero-order valence-corrected chi connectivity index (χ0v) is 15.0. The van der Waals surface area contributed by atoms with Crippen molar-refractivity contribution in [2.75, 3.05) is 6.54 Å². The van der Waals surface area contributed by atoms with Gasteiger partial charge < -0.3 is 19.9 Å². The van der Waals surface area contributed by atoms with Gasteiger partial charge in [-0.05, 0) is 30.5 Å². The molecule has 0 unspecified atom stereocenters. The highest BCUT2D eigenvalue weighted by Gasteiger charge is 2.47. The van der Waals surface area contributed by atoms with Gasteiger partial charge in [-0.2, -0.15) is 0 Å². The topological polar surface area (TPSA) is 50.7 Å². The minimum Gasteiger partial charge on any atom is -0.390 e. The van der Waals surface area contributed by atoms with E-state index in [1.54, 1.807) is 0 Å². The van der Waals surface area contributed by atoms with Crippen LogP contribution in [-0.2, 0) is 22.7 Å². The van der Waals surface area contributed by atoms with Gasteiger partial charge in [0.2, 0.25) is 0 Å². The molecule has 2 fully saturated rings. The molecule has 5 atom stereocenters. The van der Waals surface area contributed by atoms with Gasteiger partial charge in [0.15, 0.2) is 0 Å². The van der Waals surface area contributed by atoms with E-state index in [-0.39, 0.29) is 12.2 Å². The van der Waals surface area contributed by atoms with Crippen molar-refractivity contribution in [2.45, 2.75) is 50.4 Å². The first-order valence-electron chi connectivity index (χ1n) is 9.54. The lowest BCUT2D eigenvalue weighted by Crippen LogP contribution is -2.55. The second-order valence-electron chi connectivity index (χ2n) is 7.34. The number of ether oxygens (including phenoxy) is 2. The molecule has 1 heterocycles. The Balaban J connectivity index is 1.46. The van der Waals surface area contributed by atoms with Gasteiger partial charge in [0.25, 0.3) is 0 Å². The Morgan fingerprint density at radius 3 is 2.04 bits per heavy atom. The Morgan fingerprint density at radius 1 is 0.846 bits per heavy atom. The van der Waals surface area contributed by atoms with Gasteiger partial charge in [0, 0.05) is 12.0 Å². The van der Waals surface area contributed by atoms with E-state index in [0.717, 1.165) is 30.5 Å². The van der Waals surface area contributed by atoms with Gasteiger partial charge in [-0.3, -0.25) is 0 Å². The smallest absolute Gasteiger partial charge is 0.110 e. The third kappa shape index (κ3) is 3.99. The summed E-state index contributed by atoms with van der Waals surface area (Å²) in [4.78, 5) is 0. The molecular formula is C22H27NO3. The summed E-state index contributed by atoms with van der Waals surface area (Å²) in [5.74, 6) is 0.392. The minimum atomic E-state index is -0.508. The fourth-order valence-corrected chi connectivity index (χ4v) is 4.25. The van der Waals surface area contributed by atoms with Crippen LogP contribution in [-0.4, -0.2) is 36.0 Å². The second-order valence-corrected chi connectivity index (χ2v) is 7.34. The summed E-state index contributed by atoms with van der Waals surface area (Å²) in [7, 11) is 0. The minimum absolute atomic E-state index is 0.0948. The Kier molecular flexibility index (Phi) is 5.65. The summed E-state index contributed by atoms with van der Waals surface area (Å²) in [5, 5.41) is 14.2. The highest BCUT2D eigenvalue weighted by molar-refractivity contribution is 5.15. The van der Waals surface area contributed by atoms with Gasteiger partial charge in [-0.25, -0.2) is 0 Å². The van der Waals surface area contributed by atoms with E-state index >= 15 is 0 Å². The normalized spacial score (nSPS) is 30.9. The fourth-order valence-electron chi connectivity index (χ4n) is 4.25. The van der Waals surface area contributed by atoms with E-state index in [9.17, 15) is 5.11 Å². The predicted molar refractivity (Wildman–Crippen MR) is 101 cm³/mol. The van der Waals surface area contributed by atoms with Crippen molar-refractivity contribution < 1.29 is 14.6 Å². The van der Waals surface area contributed by atoms with E-state index in [1.165, 1.54) is 0 Å². The lowest BCUT2D eigenvalue weighted by atomic mass is 9.79. The van der Waals surface area contributed by atoms with Crippen LogP contribution in [0.15, 0.2) is 60.7 Å². The molecule has 0 aromatic heterocycles. The number of aliphatic hydroxyl groups excluding tert-OH is 1. The molecule has 2 aliphatic rings. The van der Waals surface area contributed by atoms with Crippen LogP contribution in [0.25, 0.3) is 0 Å². The SMILES string of the molecule is O[C@@H]1C[C@H]2NCC[C@H]2[C@H](OCc2ccccc2)[C@@H]1OCc1ccccc1. The third-order valence-electron chi connectivity index (χ3n) is 5.59. The summed E-state index contributed by atoms with van der Waals surface area (Å²) in [6, 6.07) is 20.7. The summed E-state index contributed by atoms with van der Waals surface area (Å²) in [5.41, 5.74) is 2.27. The van der Waals surface area contributed by atoms with Crippen LogP contribution in [0.5, 0.6) is 0 Å². The van der Waals surface area contributed by atoms with Crippen LogP contribution in [0, 0.1) is 5.92 Å². The molecular weight excluding hydrogens is 326 g/mol. The molecule has 2 aromatic carbocycles. The second kappa shape index (κ2) is 8.31. The largest absolute Gasteiger partial charge is 0.390 e. The predicted octanol–water partition coefficient (Wildman–Crippen LogP) is 2.90. The van der Waals surface area contributed by atoms with E-state index < -0.39 is 6.10 Å². The fraction of sp³-hybridized carbons (Fsp3) is 0.455. The maximum absolute atomic E-state index is 10.7. The van der Waals surface area contributed by atoms with E-state index in [1.807, 2.05) is 36.4 Å². The molecule has 138 valence electrons. The van der Waals surface area contributed by atoms with Crippen molar-refractivity contribution >= 4 is 0 Å². The first-order valence-corrected chi connectivity index (χ1v) is 9.54. The number of benzene rings is 2. The molecule has 4 rings (SSSR count). The van der Waals surface area contributed by atoms with E-state index in [0.29, 0.717) is 25.2 Å². The van der Waals surface area contributed by atoms with Gasteiger partial charge in [-0.15, -0.1) is 0 Å². The van der Waals surface area contributed by atoms with E-state index in [4.69, 9.17) is 9.47 Å². The molecule has 4 heteroatoms. The maximum atomic E-state index is 10.7. The molecule has 1 saturated carbocycles. The molecule has 1 saturated heterocycles. The lowest BCUT2D eigenvalue weighted by Gasteiger charge is -2.42. The Hall–Kier alpha value is -1.72. The van der Waals surface area contributed by atoms with Crippen LogP contribution in [0.3, 0.4) is 0 Å². The molecule has 0 radical (unpaired) electrons. The van der Waals surface area contributed by atoms with Crippen LogP contribution >= 0.6 is 0 Å². The molecule has 1 aliphatic heterocycles. The molecule has 26 heavy (non-hydrogen) atoms. The zero-order valence-electron chi connectivity index (χ0n) is 15.0. The average Bonchev–Trinajstić information content (AvgIpc) is 3.14. The zero-order chi connectivity index (χ0) is 17.8. The molecule has 1 aliphatic carbocycles. The lowest BCUT2D eigenvalue weighted by molar-refractivity contribution is -0.173. The number of hydrogen-bond donors (Lipinski definition) is 2. The van der Waals surface area contributed by atoms with Gasteiger partial charge in [-0.1, -0.05) is 60.7 Å². The number of hydrogen-bond acceptors (Lipinski definition) is 4.